The van der Waals surface area contributed by atoms with Crippen molar-refractivity contribution in [3.05, 3.63) is 30.2 Å². The molecule has 8 nitrogen and oxygen atoms in total. The molecule has 2 aromatic rings. The van der Waals surface area contributed by atoms with Crippen molar-refractivity contribution in [2.75, 3.05) is 19.6 Å². The molecule has 0 spiro atoms. The number of imide groups is 1. The topological polar surface area (TPSA) is 87.9 Å². The van der Waals surface area contributed by atoms with Crippen LogP contribution in [0.15, 0.2) is 24.4 Å². The van der Waals surface area contributed by atoms with Gasteiger partial charge in [0.2, 0.25) is 17.7 Å². The van der Waals surface area contributed by atoms with Crippen molar-refractivity contribution in [2.24, 2.45) is 11.8 Å². The molecular weight excluding hydrogens is 382 g/mol. The normalized spacial score (nSPS) is 27.0. The largest absolute Gasteiger partial charge is 0.342 e. The van der Waals surface area contributed by atoms with E-state index in [0.717, 1.165) is 50.0 Å². The fourth-order valence-electron chi connectivity index (χ4n) is 5.37. The SMILES string of the molecule is O=C(CCN1C(=O)[C@@H]2CCCC[C@H]2C1=O)N1CCC[C@@H](c2nnc3ccccn23)C1. The number of likely N-dealkylation sites (tertiary alicyclic amines) is 2. The predicted octanol–water partition coefficient (Wildman–Crippen LogP) is 2.00. The zero-order valence-electron chi connectivity index (χ0n) is 17.1. The van der Waals surface area contributed by atoms with Crippen molar-refractivity contribution >= 4 is 23.4 Å². The van der Waals surface area contributed by atoms with Gasteiger partial charge in [-0.2, -0.15) is 0 Å². The van der Waals surface area contributed by atoms with Crippen LogP contribution in [0.1, 0.15) is 56.7 Å². The average molecular weight is 409 g/mol. The van der Waals surface area contributed by atoms with Gasteiger partial charge in [0, 0.05) is 38.2 Å². The number of rotatable bonds is 4. The fourth-order valence-corrected chi connectivity index (χ4v) is 5.37. The minimum absolute atomic E-state index is 0.00370. The molecule has 1 saturated carbocycles. The molecule has 0 radical (unpaired) electrons. The highest BCUT2D eigenvalue weighted by atomic mass is 16.2. The van der Waals surface area contributed by atoms with Crippen LogP contribution >= 0.6 is 0 Å². The molecule has 30 heavy (non-hydrogen) atoms. The molecule has 2 saturated heterocycles. The van der Waals surface area contributed by atoms with Crippen LogP contribution in [0, 0.1) is 11.8 Å². The van der Waals surface area contributed by atoms with Crippen LogP contribution in [0.2, 0.25) is 0 Å². The number of carbonyl (C=O) groups is 3. The molecule has 158 valence electrons. The molecule has 0 aromatic carbocycles. The Bertz CT molecular complexity index is 962. The van der Waals surface area contributed by atoms with E-state index in [4.69, 9.17) is 0 Å². The lowest BCUT2D eigenvalue weighted by Crippen LogP contribution is -2.42. The third-order valence-electron chi connectivity index (χ3n) is 6.96. The summed E-state index contributed by atoms with van der Waals surface area (Å²) in [6, 6.07) is 5.80. The number of hydrogen-bond donors (Lipinski definition) is 0. The van der Waals surface area contributed by atoms with Gasteiger partial charge < -0.3 is 4.90 Å². The zero-order valence-corrected chi connectivity index (χ0v) is 17.1. The minimum atomic E-state index is -0.151. The third kappa shape index (κ3) is 3.28. The Morgan fingerprint density at radius 3 is 2.53 bits per heavy atom. The first-order valence-corrected chi connectivity index (χ1v) is 11.1. The van der Waals surface area contributed by atoms with E-state index in [1.54, 1.807) is 0 Å². The summed E-state index contributed by atoms with van der Waals surface area (Å²) in [5.74, 6) is 0.593. The lowest BCUT2D eigenvalue weighted by molar-refractivity contribution is -0.141. The Hall–Kier alpha value is -2.77. The number of fused-ring (bicyclic) bond motifs is 2. The Balaban J connectivity index is 1.22. The first kappa shape index (κ1) is 19.2. The van der Waals surface area contributed by atoms with Crippen LogP contribution in [-0.2, 0) is 14.4 Å². The maximum Gasteiger partial charge on any atom is 0.233 e. The van der Waals surface area contributed by atoms with E-state index in [1.165, 1.54) is 4.90 Å². The van der Waals surface area contributed by atoms with Crippen molar-refractivity contribution in [3.63, 3.8) is 0 Å². The molecule has 5 rings (SSSR count). The summed E-state index contributed by atoms with van der Waals surface area (Å²) in [7, 11) is 0. The lowest BCUT2D eigenvalue weighted by atomic mass is 9.81. The summed E-state index contributed by atoms with van der Waals surface area (Å²) in [4.78, 5) is 41.4. The standard InChI is InChI=1S/C22H27N5O3/c28-19(10-13-27-21(29)16-7-1-2-8-17(16)22(27)30)25-11-5-6-15(14-25)20-24-23-18-9-3-4-12-26(18)20/h3-4,9,12,15-17H,1-2,5-8,10-11,13-14H2/t15-,16-,17-/m1/s1. The minimum Gasteiger partial charge on any atom is -0.342 e. The highest BCUT2D eigenvalue weighted by Gasteiger charge is 2.48. The highest BCUT2D eigenvalue weighted by Crippen LogP contribution is 2.38. The summed E-state index contributed by atoms with van der Waals surface area (Å²) in [5, 5.41) is 8.59. The van der Waals surface area contributed by atoms with Gasteiger partial charge in [0.05, 0.1) is 11.8 Å². The maximum absolute atomic E-state index is 12.9. The fraction of sp³-hybridized carbons (Fsp3) is 0.591. The van der Waals surface area contributed by atoms with Gasteiger partial charge in [0.15, 0.2) is 5.65 Å². The second-order valence-corrected chi connectivity index (χ2v) is 8.74. The summed E-state index contributed by atoms with van der Waals surface area (Å²) in [5.41, 5.74) is 0.809. The Morgan fingerprint density at radius 1 is 1.00 bits per heavy atom. The van der Waals surface area contributed by atoms with E-state index in [-0.39, 0.29) is 48.4 Å². The molecule has 2 aromatic heterocycles. The van der Waals surface area contributed by atoms with Crippen LogP contribution in [0.4, 0.5) is 0 Å². The van der Waals surface area contributed by atoms with Crippen LogP contribution in [0.3, 0.4) is 0 Å². The van der Waals surface area contributed by atoms with E-state index in [0.29, 0.717) is 13.1 Å². The molecule has 0 unspecified atom stereocenters. The van der Waals surface area contributed by atoms with E-state index in [1.807, 2.05) is 33.7 Å². The molecule has 2 aliphatic heterocycles. The summed E-state index contributed by atoms with van der Waals surface area (Å²) < 4.78 is 1.99. The second kappa shape index (κ2) is 7.81. The predicted molar refractivity (Wildman–Crippen MR) is 108 cm³/mol. The van der Waals surface area contributed by atoms with Gasteiger partial charge in [-0.1, -0.05) is 18.9 Å². The number of amides is 3. The number of nitrogens with zero attached hydrogens (tertiary/aromatic N) is 5. The van der Waals surface area contributed by atoms with Crippen LogP contribution in [-0.4, -0.2) is 61.8 Å². The van der Waals surface area contributed by atoms with Gasteiger partial charge in [-0.3, -0.25) is 23.7 Å². The monoisotopic (exact) mass is 409 g/mol. The van der Waals surface area contributed by atoms with Crippen molar-refractivity contribution in [1.29, 1.82) is 0 Å². The molecular formula is C22H27N5O3. The molecule has 4 heterocycles. The molecule has 0 N–H and O–H groups in total. The van der Waals surface area contributed by atoms with Crippen LogP contribution in [0.5, 0.6) is 0 Å². The van der Waals surface area contributed by atoms with Gasteiger partial charge in [0.25, 0.3) is 0 Å². The Kier molecular flexibility index (Phi) is 5.00. The van der Waals surface area contributed by atoms with Crippen molar-refractivity contribution in [3.8, 4) is 0 Å². The quantitative estimate of drug-likeness (QED) is 0.721. The van der Waals surface area contributed by atoms with E-state index >= 15 is 0 Å². The number of aromatic nitrogens is 3. The van der Waals surface area contributed by atoms with Gasteiger partial charge in [-0.15, -0.1) is 10.2 Å². The van der Waals surface area contributed by atoms with Crippen LogP contribution in [0.25, 0.3) is 5.65 Å². The molecule has 3 aliphatic rings. The molecule has 3 fully saturated rings. The van der Waals surface area contributed by atoms with Crippen LogP contribution < -0.4 is 0 Å². The van der Waals surface area contributed by atoms with Gasteiger partial charge in [0.1, 0.15) is 5.82 Å². The average Bonchev–Trinajstić information content (AvgIpc) is 3.32. The highest BCUT2D eigenvalue weighted by molar-refractivity contribution is 6.05. The Labute approximate surface area is 175 Å². The first-order valence-electron chi connectivity index (χ1n) is 11.1. The Morgan fingerprint density at radius 2 is 1.77 bits per heavy atom. The van der Waals surface area contributed by atoms with Crippen molar-refractivity contribution in [1.82, 2.24) is 24.4 Å². The molecule has 3 amide bonds. The van der Waals surface area contributed by atoms with Crippen molar-refractivity contribution in [2.45, 2.75) is 50.9 Å². The maximum atomic E-state index is 12.9. The number of piperidine rings is 1. The summed E-state index contributed by atoms with van der Waals surface area (Å²) in [6.45, 7) is 1.51. The zero-order chi connectivity index (χ0) is 20.7. The number of carbonyl (C=O) groups excluding carboxylic acids is 3. The first-order chi connectivity index (χ1) is 14.6. The summed E-state index contributed by atoms with van der Waals surface area (Å²) in [6.07, 6.45) is 7.66. The lowest BCUT2D eigenvalue weighted by Gasteiger charge is -2.32. The molecule has 0 bridgehead atoms. The van der Waals surface area contributed by atoms with Gasteiger partial charge >= 0.3 is 0 Å². The van der Waals surface area contributed by atoms with E-state index in [2.05, 4.69) is 10.2 Å². The summed E-state index contributed by atoms with van der Waals surface area (Å²) >= 11 is 0. The van der Waals surface area contributed by atoms with Crippen molar-refractivity contribution < 1.29 is 14.4 Å². The van der Waals surface area contributed by atoms with Gasteiger partial charge in [-0.05, 0) is 37.8 Å². The smallest absolute Gasteiger partial charge is 0.233 e. The third-order valence-corrected chi connectivity index (χ3v) is 6.96. The number of pyridine rings is 1. The molecule has 1 aliphatic carbocycles. The molecule has 3 atom stereocenters. The number of hydrogen-bond acceptors (Lipinski definition) is 5. The molecule has 8 heteroatoms. The second-order valence-electron chi connectivity index (χ2n) is 8.74. The van der Waals surface area contributed by atoms with Gasteiger partial charge in [-0.25, -0.2) is 0 Å². The van der Waals surface area contributed by atoms with E-state index in [9.17, 15) is 14.4 Å². The van der Waals surface area contributed by atoms with E-state index < -0.39 is 0 Å².